The number of carboxylic acid groups (broad SMARTS) is 3. The number of aliphatic carboxylic acids is 3. The Kier molecular flexibility index (Phi) is 22.9. The first-order chi connectivity index (χ1) is 22.1. The lowest BCUT2D eigenvalue weighted by atomic mass is 10.0. The zero-order valence-corrected chi connectivity index (χ0v) is 28.7. The summed E-state index contributed by atoms with van der Waals surface area (Å²) in [5, 5.41) is 33.3. The smallest absolute Gasteiger partial charge is 0.326 e. The molecule has 0 bridgehead atoms. The minimum atomic E-state index is -1.77. The van der Waals surface area contributed by atoms with Gasteiger partial charge in [0.2, 0.25) is 23.6 Å². The van der Waals surface area contributed by atoms with Gasteiger partial charge in [0.05, 0.1) is 0 Å². The number of hydrogen-bond donors (Lipinski definition) is 7. The third-order valence-electron chi connectivity index (χ3n) is 7.55. The number of nitrogens with one attached hydrogen (secondary N) is 2. The number of hydrogen-bond acceptors (Lipinski definition) is 9. The molecule has 0 saturated carbocycles. The Hall–Kier alpha value is -3.40. The van der Waals surface area contributed by atoms with Crippen LogP contribution in [0.5, 0.6) is 0 Å². The lowest BCUT2D eigenvalue weighted by molar-refractivity contribution is -0.156. The van der Waals surface area contributed by atoms with Gasteiger partial charge in [0.1, 0.15) is 30.2 Å². The first kappa shape index (κ1) is 43.6. The highest BCUT2D eigenvalue weighted by Crippen LogP contribution is 2.20. The molecular weight excluding hydrogens is 634 g/mol. The normalized spacial score (nSPS) is 14.2. The van der Waals surface area contributed by atoms with Crippen LogP contribution in [0.2, 0.25) is 0 Å². The van der Waals surface area contributed by atoms with E-state index in [0.29, 0.717) is 11.3 Å². The van der Waals surface area contributed by atoms with Crippen LogP contribution in [0.1, 0.15) is 111 Å². The number of amides is 4. The molecule has 4 amide bonds. The summed E-state index contributed by atoms with van der Waals surface area (Å²) in [6.07, 6.45) is 11.2. The predicted octanol–water partition coefficient (Wildman–Crippen LogP) is 1.84. The van der Waals surface area contributed by atoms with Crippen LogP contribution < -0.4 is 22.1 Å². The molecule has 9 N–H and O–H groups in total. The van der Waals surface area contributed by atoms with Crippen LogP contribution in [-0.2, 0) is 33.6 Å². The van der Waals surface area contributed by atoms with Crippen molar-refractivity contribution in [1.82, 2.24) is 15.5 Å². The molecule has 270 valence electrons. The van der Waals surface area contributed by atoms with E-state index in [0.717, 1.165) is 44.4 Å². The van der Waals surface area contributed by atoms with Crippen molar-refractivity contribution in [2.24, 2.45) is 11.5 Å². The van der Waals surface area contributed by atoms with Gasteiger partial charge in [0.25, 0.3) is 0 Å². The molecule has 0 saturated heterocycles. The molecule has 16 heteroatoms. The van der Waals surface area contributed by atoms with Gasteiger partial charge in [-0.05, 0) is 26.7 Å². The van der Waals surface area contributed by atoms with Crippen molar-refractivity contribution in [3.8, 4) is 0 Å². The van der Waals surface area contributed by atoms with E-state index in [1.54, 1.807) is 0 Å². The lowest BCUT2D eigenvalue weighted by Crippen LogP contribution is -2.62. The Morgan fingerprint density at radius 2 is 1.21 bits per heavy atom. The number of nitrogens with zero attached hydrogens (tertiary/aromatic N) is 1. The Balaban J connectivity index is 5.72. The summed E-state index contributed by atoms with van der Waals surface area (Å²) in [4.78, 5) is 87.1. The molecule has 47 heavy (non-hydrogen) atoms. The van der Waals surface area contributed by atoms with Gasteiger partial charge in [-0.1, -0.05) is 71.1 Å². The number of nitrogens with two attached hydrogens (primary N) is 2. The molecule has 0 aliphatic carbocycles. The highest BCUT2D eigenvalue weighted by molar-refractivity contribution is 7.99. The van der Waals surface area contributed by atoms with E-state index in [4.69, 9.17) is 16.6 Å². The van der Waals surface area contributed by atoms with Crippen molar-refractivity contribution in [1.29, 1.82) is 0 Å². The summed E-state index contributed by atoms with van der Waals surface area (Å²) in [7, 11) is 0. The third-order valence-corrected chi connectivity index (χ3v) is 8.70. The molecule has 0 radical (unpaired) electrons. The molecule has 0 aromatic rings. The quantitative estimate of drug-likeness (QED) is 0.0581. The monoisotopic (exact) mass is 689 g/mol. The summed E-state index contributed by atoms with van der Waals surface area (Å²) >= 11 is 0.831. The van der Waals surface area contributed by atoms with Crippen LogP contribution in [0.15, 0.2) is 0 Å². The standard InChI is InChI=1S/C31H55N5O10S/c1-4-5-6-7-8-9-10-11-12-13-14-15-26(38)34-20(2)28(40)36(23(31(45)46)16-17-25(33)37)24(19-47-18-22(32)30(43)44)27(39)35-21(3)29(41)42/h20-24H,4-19,32H2,1-3H3,(H2,33,37)(H,34,38)(H,35,39)(H,41,42)(H,43,44)(H,45,46)/t20-,21+,22-,23+,24+/m0/s1. The van der Waals surface area contributed by atoms with Gasteiger partial charge < -0.3 is 42.3 Å². The fourth-order valence-electron chi connectivity index (χ4n) is 4.77. The van der Waals surface area contributed by atoms with Gasteiger partial charge in [0, 0.05) is 24.3 Å². The molecule has 0 unspecified atom stereocenters. The highest BCUT2D eigenvalue weighted by atomic mass is 32.2. The molecule has 0 aromatic carbocycles. The Bertz CT molecular complexity index is 1030. The van der Waals surface area contributed by atoms with Gasteiger partial charge in [0.15, 0.2) is 0 Å². The van der Waals surface area contributed by atoms with Gasteiger partial charge in [-0.2, -0.15) is 11.8 Å². The Labute approximate surface area is 281 Å². The van der Waals surface area contributed by atoms with Gasteiger partial charge in [-0.25, -0.2) is 4.79 Å². The van der Waals surface area contributed by atoms with Crippen LogP contribution in [0, 0.1) is 0 Å². The molecular formula is C31H55N5O10S. The maximum atomic E-state index is 13.8. The fraction of sp³-hybridized carbons (Fsp3) is 0.774. The zero-order chi connectivity index (χ0) is 35.9. The second-order valence-electron chi connectivity index (χ2n) is 11.7. The van der Waals surface area contributed by atoms with Crippen molar-refractivity contribution < 1.29 is 48.9 Å². The van der Waals surface area contributed by atoms with Crippen molar-refractivity contribution in [2.45, 2.75) is 141 Å². The summed E-state index contributed by atoms with van der Waals surface area (Å²) < 4.78 is 0. The molecule has 0 rings (SSSR count). The number of carbonyl (C=O) groups excluding carboxylic acids is 4. The van der Waals surface area contributed by atoms with E-state index >= 15 is 0 Å². The van der Waals surface area contributed by atoms with Gasteiger partial charge >= 0.3 is 17.9 Å². The average molecular weight is 690 g/mol. The molecule has 5 atom stereocenters. The van der Waals surface area contributed by atoms with Crippen LogP contribution in [0.4, 0.5) is 0 Å². The number of unbranched alkanes of at least 4 members (excludes halogenated alkanes) is 10. The van der Waals surface area contributed by atoms with E-state index in [1.807, 2.05) is 0 Å². The first-order valence-corrected chi connectivity index (χ1v) is 17.5. The second-order valence-corrected chi connectivity index (χ2v) is 12.8. The summed E-state index contributed by atoms with van der Waals surface area (Å²) in [6, 6.07) is -7.49. The van der Waals surface area contributed by atoms with Crippen molar-refractivity contribution >= 4 is 53.3 Å². The molecule has 0 aliphatic heterocycles. The maximum Gasteiger partial charge on any atom is 0.326 e. The van der Waals surface area contributed by atoms with E-state index in [1.165, 1.54) is 45.4 Å². The van der Waals surface area contributed by atoms with Crippen LogP contribution in [0.25, 0.3) is 0 Å². The highest BCUT2D eigenvalue weighted by Gasteiger charge is 2.41. The van der Waals surface area contributed by atoms with E-state index in [2.05, 4.69) is 17.6 Å². The molecule has 0 spiro atoms. The van der Waals surface area contributed by atoms with Crippen molar-refractivity contribution in [2.75, 3.05) is 11.5 Å². The number of thioether (sulfide) groups is 1. The minimum absolute atomic E-state index is 0.127. The largest absolute Gasteiger partial charge is 0.480 e. The SMILES string of the molecule is CCCCCCCCCCCCCC(=O)N[C@@H](C)C(=O)N([C@H](CCC(N)=O)C(=O)O)[C@H](CSC[C@H](N)C(=O)O)C(=O)N[C@H](C)C(=O)O. The predicted molar refractivity (Wildman–Crippen MR) is 177 cm³/mol. The molecule has 0 heterocycles. The van der Waals surface area contributed by atoms with Gasteiger partial charge in [-0.15, -0.1) is 0 Å². The second kappa shape index (κ2) is 24.7. The number of primary amides is 1. The molecule has 0 fully saturated rings. The molecule has 15 nitrogen and oxygen atoms in total. The van der Waals surface area contributed by atoms with Crippen molar-refractivity contribution in [3.05, 3.63) is 0 Å². The average Bonchev–Trinajstić information content (AvgIpc) is 2.99. The van der Waals surface area contributed by atoms with E-state index < -0.39 is 84.6 Å². The van der Waals surface area contributed by atoms with Crippen LogP contribution in [0.3, 0.4) is 0 Å². The summed E-state index contributed by atoms with van der Waals surface area (Å²) in [5.41, 5.74) is 10.8. The zero-order valence-electron chi connectivity index (χ0n) is 27.9. The maximum absolute atomic E-state index is 13.8. The van der Waals surface area contributed by atoms with Crippen LogP contribution >= 0.6 is 11.8 Å². The summed E-state index contributed by atoms with van der Waals surface area (Å²) in [6.45, 7) is 4.67. The van der Waals surface area contributed by atoms with Gasteiger partial charge in [-0.3, -0.25) is 28.8 Å². The third kappa shape index (κ3) is 19.1. The Morgan fingerprint density at radius 1 is 0.681 bits per heavy atom. The number of carboxylic acids is 3. The Morgan fingerprint density at radius 3 is 1.68 bits per heavy atom. The van der Waals surface area contributed by atoms with E-state index in [-0.39, 0.29) is 17.9 Å². The van der Waals surface area contributed by atoms with E-state index in [9.17, 15) is 43.8 Å². The molecule has 0 aliphatic rings. The number of rotatable bonds is 28. The lowest BCUT2D eigenvalue weighted by Gasteiger charge is -2.37. The minimum Gasteiger partial charge on any atom is -0.480 e. The summed E-state index contributed by atoms with van der Waals surface area (Å²) in [5.74, 6) is -8.21. The first-order valence-electron chi connectivity index (χ1n) is 16.4. The topological polar surface area (TPSA) is 260 Å². The molecule has 0 aromatic heterocycles. The van der Waals surface area contributed by atoms with Crippen molar-refractivity contribution in [3.63, 3.8) is 0 Å². The van der Waals surface area contributed by atoms with Crippen LogP contribution in [-0.4, -0.2) is 103 Å². The fourth-order valence-corrected chi connectivity index (χ4v) is 5.83. The number of carbonyl (C=O) groups is 7.